The van der Waals surface area contributed by atoms with Crippen LogP contribution in [-0.4, -0.2) is 30.9 Å². The van der Waals surface area contributed by atoms with Gasteiger partial charge in [-0.15, -0.1) is 0 Å². The van der Waals surface area contributed by atoms with Crippen LogP contribution in [0.15, 0.2) is 61.9 Å². The summed E-state index contributed by atoms with van der Waals surface area (Å²) in [4.78, 5) is 32.1. The highest BCUT2D eigenvalue weighted by molar-refractivity contribution is 9.10. The third-order valence-electron chi connectivity index (χ3n) is 5.57. The van der Waals surface area contributed by atoms with Crippen LogP contribution in [0, 0.1) is 0 Å². The summed E-state index contributed by atoms with van der Waals surface area (Å²) in [6.45, 7) is 5.28. The molecule has 3 aromatic rings. The minimum absolute atomic E-state index is 0.278. The summed E-state index contributed by atoms with van der Waals surface area (Å²) in [6, 6.07) is 9.92. The van der Waals surface area contributed by atoms with Gasteiger partial charge in [0.15, 0.2) is 4.80 Å². The van der Waals surface area contributed by atoms with Gasteiger partial charge in [-0.05, 0) is 60.5 Å². The highest BCUT2D eigenvalue weighted by Gasteiger charge is 2.34. The Balaban J connectivity index is 1.98. The normalized spacial score (nSPS) is 15.6. The first-order valence-corrected chi connectivity index (χ1v) is 13.0. The lowest BCUT2D eigenvalue weighted by Crippen LogP contribution is -2.40. The predicted octanol–water partition coefficient (Wildman–Crippen LogP) is 4.62. The first-order chi connectivity index (χ1) is 17.2. The topological polar surface area (TPSA) is 79.1 Å². The van der Waals surface area contributed by atoms with Gasteiger partial charge in [-0.2, -0.15) is 0 Å². The zero-order valence-corrected chi connectivity index (χ0v) is 23.5. The van der Waals surface area contributed by atoms with E-state index in [0.29, 0.717) is 47.2 Å². The van der Waals surface area contributed by atoms with Gasteiger partial charge in [0.1, 0.15) is 17.5 Å². The fourth-order valence-corrected chi connectivity index (χ4v) is 5.79. The van der Waals surface area contributed by atoms with Crippen LogP contribution in [-0.2, 0) is 9.53 Å². The van der Waals surface area contributed by atoms with Crippen molar-refractivity contribution in [2.24, 2.45) is 4.99 Å². The first kappa shape index (κ1) is 26.2. The van der Waals surface area contributed by atoms with Crippen molar-refractivity contribution in [3.05, 3.63) is 88.0 Å². The average Bonchev–Trinajstić information content (AvgIpc) is 3.12. The summed E-state index contributed by atoms with van der Waals surface area (Å²) in [5.41, 5.74) is 1.74. The fraction of sp³-hybridized carbons (Fsp3) is 0.269. The maximum absolute atomic E-state index is 13.8. The molecule has 0 bridgehead atoms. The lowest BCUT2D eigenvalue weighted by atomic mass is 9.96. The van der Waals surface area contributed by atoms with Crippen LogP contribution in [0.4, 0.5) is 0 Å². The number of ether oxygens (including phenoxy) is 3. The number of benzene rings is 2. The maximum Gasteiger partial charge on any atom is 0.338 e. The molecule has 1 unspecified atom stereocenters. The summed E-state index contributed by atoms with van der Waals surface area (Å²) >= 11 is 11.3. The Kier molecular flexibility index (Phi) is 7.73. The number of carbonyl (C=O) groups excluding carboxylic acids is 1. The van der Waals surface area contributed by atoms with Gasteiger partial charge in [0.25, 0.3) is 5.56 Å². The van der Waals surface area contributed by atoms with Gasteiger partial charge in [-0.1, -0.05) is 41.1 Å². The number of carbonyl (C=O) groups is 1. The number of rotatable bonds is 6. The lowest BCUT2D eigenvalue weighted by molar-refractivity contribution is -0.143. The molecule has 36 heavy (non-hydrogen) atoms. The monoisotopic (exact) mass is 590 g/mol. The molecule has 2 heterocycles. The molecule has 7 nitrogen and oxygen atoms in total. The molecular formula is C26H24BrClN2O5S. The van der Waals surface area contributed by atoms with E-state index in [4.69, 9.17) is 25.8 Å². The van der Waals surface area contributed by atoms with Crippen LogP contribution in [0.2, 0.25) is 5.02 Å². The molecule has 4 rings (SSSR count). The number of hydrogen-bond donors (Lipinski definition) is 0. The Labute approximate surface area is 225 Å². The number of methoxy groups -OCH3 is 2. The molecule has 0 saturated heterocycles. The number of fused-ring (bicyclic) bond motifs is 1. The van der Waals surface area contributed by atoms with E-state index in [9.17, 15) is 9.59 Å². The minimum Gasteiger partial charge on any atom is -0.496 e. The molecule has 0 N–H and O–H groups in total. The Morgan fingerprint density at radius 2 is 1.89 bits per heavy atom. The molecule has 1 aliphatic rings. The molecule has 0 saturated carbocycles. The van der Waals surface area contributed by atoms with E-state index in [2.05, 4.69) is 20.9 Å². The van der Waals surface area contributed by atoms with Crippen LogP contribution >= 0.6 is 38.9 Å². The van der Waals surface area contributed by atoms with Crippen LogP contribution in [0.5, 0.6) is 11.5 Å². The van der Waals surface area contributed by atoms with Gasteiger partial charge < -0.3 is 14.2 Å². The molecule has 0 aliphatic carbocycles. The van der Waals surface area contributed by atoms with Crippen LogP contribution < -0.4 is 24.4 Å². The highest BCUT2D eigenvalue weighted by Crippen LogP contribution is 2.35. The Bertz CT molecular complexity index is 1560. The number of hydrogen-bond acceptors (Lipinski definition) is 7. The number of thiazole rings is 1. The molecule has 188 valence electrons. The first-order valence-electron chi connectivity index (χ1n) is 11.1. The summed E-state index contributed by atoms with van der Waals surface area (Å²) in [7, 11) is 3.12. The Morgan fingerprint density at radius 1 is 1.19 bits per heavy atom. The van der Waals surface area contributed by atoms with Crippen molar-refractivity contribution in [2.75, 3.05) is 14.2 Å². The van der Waals surface area contributed by atoms with E-state index in [1.807, 2.05) is 12.1 Å². The Hall–Kier alpha value is -2.88. The van der Waals surface area contributed by atoms with Crippen molar-refractivity contribution in [2.45, 2.75) is 32.9 Å². The molecular weight excluding hydrogens is 568 g/mol. The quantitative estimate of drug-likeness (QED) is 0.391. The van der Waals surface area contributed by atoms with Crippen molar-refractivity contribution < 1.29 is 19.0 Å². The van der Waals surface area contributed by atoms with Crippen molar-refractivity contribution in [3.63, 3.8) is 0 Å². The fourth-order valence-electron chi connectivity index (χ4n) is 3.99. The van der Waals surface area contributed by atoms with Crippen LogP contribution in [0.1, 0.15) is 37.9 Å². The number of esters is 1. The van der Waals surface area contributed by atoms with E-state index in [0.717, 1.165) is 0 Å². The van der Waals surface area contributed by atoms with E-state index in [-0.39, 0.29) is 17.2 Å². The second kappa shape index (κ2) is 10.6. The standard InChI is InChI=1S/C26H24BrClN2O5S/c1-13(2)35-25(32)22-14(3)29-26-30(23(22)16-8-6-7-9-18(16)28)24(31)21(36-26)11-15-10-17(27)20(34-5)12-19(15)33-4/h6-13,23H,1-5H3. The van der Waals surface area contributed by atoms with E-state index < -0.39 is 12.0 Å². The highest BCUT2D eigenvalue weighted by atomic mass is 79.9. The number of allylic oxidation sites excluding steroid dienone is 1. The van der Waals surface area contributed by atoms with Crippen molar-refractivity contribution in [1.29, 1.82) is 0 Å². The second-order valence-corrected chi connectivity index (χ2v) is 10.6. The van der Waals surface area contributed by atoms with Crippen molar-refractivity contribution in [1.82, 2.24) is 4.57 Å². The van der Waals surface area contributed by atoms with Gasteiger partial charge in [0, 0.05) is 16.7 Å². The maximum atomic E-state index is 13.8. The zero-order valence-electron chi connectivity index (χ0n) is 20.3. The van der Waals surface area contributed by atoms with Crippen molar-refractivity contribution in [3.8, 4) is 11.5 Å². The predicted molar refractivity (Wildman–Crippen MR) is 144 cm³/mol. The molecule has 2 aromatic carbocycles. The SMILES string of the molecule is COc1cc(OC)c(C=c2sc3n(c2=O)C(c2ccccc2Cl)C(C(=O)OC(C)C)=C(C)N=3)cc1Br. The summed E-state index contributed by atoms with van der Waals surface area (Å²) in [6.07, 6.45) is 1.40. The number of aromatic nitrogens is 1. The van der Waals surface area contributed by atoms with E-state index in [1.54, 1.807) is 65.3 Å². The second-order valence-electron chi connectivity index (χ2n) is 8.29. The summed E-state index contributed by atoms with van der Waals surface area (Å²) in [5, 5.41) is 0.433. The third-order valence-corrected chi connectivity index (χ3v) is 7.52. The molecule has 1 aromatic heterocycles. The zero-order chi connectivity index (χ0) is 26.1. The smallest absolute Gasteiger partial charge is 0.338 e. The van der Waals surface area contributed by atoms with Gasteiger partial charge in [-0.25, -0.2) is 9.79 Å². The summed E-state index contributed by atoms with van der Waals surface area (Å²) < 4.78 is 19.0. The number of halogens is 2. The molecule has 10 heteroatoms. The molecule has 1 aliphatic heterocycles. The Morgan fingerprint density at radius 3 is 2.53 bits per heavy atom. The van der Waals surface area contributed by atoms with E-state index >= 15 is 0 Å². The molecule has 0 spiro atoms. The minimum atomic E-state index is -0.784. The average molecular weight is 592 g/mol. The van der Waals surface area contributed by atoms with Crippen LogP contribution in [0.25, 0.3) is 6.08 Å². The third kappa shape index (κ3) is 4.87. The van der Waals surface area contributed by atoms with Crippen LogP contribution in [0.3, 0.4) is 0 Å². The van der Waals surface area contributed by atoms with E-state index in [1.165, 1.54) is 15.9 Å². The van der Waals surface area contributed by atoms with Gasteiger partial charge in [-0.3, -0.25) is 9.36 Å². The van der Waals surface area contributed by atoms with Gasteiger partial charge in [0.05, 0.1) is 40.6 Å². The van der Waals surface area contributed by atoms with Crippen molar-refractivity contribution >= 4 is 50.9 Å². The lowest BCUT2D eigenvalue weighted by Gasteiger charge is -2.26. The molecule has 0 radical (unpaired) electrons. The number of nitrogens with zero attached hydrogens (tertiary/aromatic N) is 2. The molecule has 1 atom stereocenters. The largest absolute Gasteiger partial charge is 0.496 e. The van der Waals surface area contributed by atoms with Gasteiger partial charge in [0.2, 0.25) is 0 Å². The summed E-state index contributed by atoms with van der Waals surface area (Å²) in [5.74, 6) is 0.611. The molecule has 0 fully saturated rings. The van der Waals surface area contributed by atoms with Gasteiger partial charge >= 0.3 is 5.97 Å². The molecule has 0 amide bonds.